The quantitative estimate of drug-likeness (QED) is 0.770. The summed E-state index contributed by atoms with van der Waals surface area (Å²) >= 11 is 0. The van der Waals surface area contributed by atoms with Crippen LogP contribution in [0.15, 0.2) is 54.7 Å². The number of nitrogens with one attached hydrogen (secondary N) is 1. The molecule has 0 fully saturated rings. The van der Waals surface area contributed by atoms with Gasteiger partial charge in [-0.25, -0.2) is 0 Å². The van der Waals surface area contributed by atoms with Crippen molar-refractivity contribution in [2.45, 2.75) is 18.8 Å². The summed E-state index contributed by atoms with van der Waals surface area (Å²) in [7, 11) is 0. The summed E-state index contributed by atoms with van der Waals surface area (Å²) in [5.74, 6) is -0.314. The highest BCUT2D eigenvalue weighted by molar-refractivity contribution is 5.80. The molecule has 1 aromatic heterocycles. The predicted octanol–water partition coefficient (Wildman–Crippen LogP) is 2.74. The second-order valence-corrected chi connectivity index (χ2v) is 5.51. The molecule has 21 heavy (non-hydrogen) atoms. The van der Waals surface area contributed by atoms with Gasteiger partial charge in [-0.1, -0.05) is 49.4 Å². The topological polar surface area (TPSA) is 71.8 Å². The Balaban J connectivity index is 2.16. The average Bonchev–Trinajstić information content (AvgIpc) is 2.94. The summed E-state index contributed by atoms with van der Waals surface area (Å²) in [5, 5.41) is 8.06. The largest absolute Gasteiger partial charge is 0.370 e. The Bertz CT molecular complexity index is 779. The summed E-state index contributed by atoms with van der Waals surface area (Å²) in [6.07, 6.45) is 2.05. The van der Waals surface area contributed by atoms with Crippen molar-refractivity contribution in [2.75, 3.05) is 0 Å². The van der Waals surface area contributed by atoms with Crippen LogP contribution in [0.3, 0.4) is 0 Å². The Kier molecular flexibility index (Phi) is 3.22. The third-order valence-electron chi connectivity index (χ3n) is 4.02. The lowest BCUT2D eigenvalue weighted by molar-refractivity contribution is -0.118. The number of aromatic amines is 1. The van der Waals surface area contributed by atoms with Gasteiger partial charge in [-0.05, 0) is 17.2 Å². The smallest absolute Gasteiger partial charge is 0.218 e. The van der Waals surface area contributed by atoms with E-state index in [0.29, 0.717) is 0 Å². The summed E-state index contributed by atoms with van der Waals surface area (Å²) in [6, 6.07) is 16.1. The molecule has 3 rings (SSSR count). The summed E-state index contributed by atoms with van der Waals surface area (Å²) in [6.45, 7) is 2.05. The maximum absolute atomic E-state index is 11.6. The molecule has 1 amide bonds. The number of nitrogens with two attached hydrogens (primary N) is 1. The monoisotopic (exact) mass is 279 g/mol. The Morgan fingerprint density at radius 3 is 2.67 bits per heavy atom. The van der Waals surface area contributed by atoms with Gasteiger partial charge < -0.3 is 5.73 Å². The van der Waals surface area contributed by atoms with Crippen molar-refractivity contribution in [3.8, 4) is 0 Å². The van der Waals surface area contributed by atoms with E-state index in [1.807, 2.05) is 55.5 Å². The van der Waals surface area contributed by atoms with Crippen LogP contribution in [0.25, 0.3) is 10.9 Å². The number of carbonyl (C=O) groups excluding carboxylic acids is 1. The van der Waals surface area contributed by atoms with Crippen LogP contribution in [0.1, 0.15) is 24.5 Å². The zero-order chi connectivity index (χ0) is 14.9. The van der Waals surface area contributed by atoms with Gasteiger partial charge in [0.25, 0.3) is 0 Å². The molecule has 0 saturated heterocycles. The van der Waals surface area contributed by atoms with Crippen molar-refractivity contribution in [1.29, 1.82) is 0 Å². The number of nitrogens with zero attached hydrogens (tertiary/aromatic N) is 1. The third-order valence-corrected chi connectivity index (χ3v) is 4.02. The van der Waals surface area contributed by atoms with Crippen LogP contribution in [-0.4, -0.2) is 16.1 Å². The first-order valence-corrected chi connectivity index (χ1v) is 6.87. The SMILES string of the molecule is CC(CC(N)=O)(c1ccccc1)c1ccc2cn[nH]c2c1. The fraction of sp³-hybridized carbons (Fsp3) is 0.176. The van der Waals surface area contributed by atoms with Crippen LogP contribution in [0.4, 0.5) is 0 Å². The van der Waals surface area contributed by atoms with E-state index in [0.717, 1.165) is 22.0 Å². The number of primary amides is 1. The first-order valence-electron chi connectivity index (χ1n) is 6.87. The molecular weight excluding hydrogens is 262 g/mol. The number of aromatic nitrogens is 2. The highest BCUT2D eigenvalue weighted by Crippen LogP contribution is 2.36. The molecule has 1 heterocycles. The van der Waals surface area contributed by atoms with Crippen molar-refractivity contribution in [1.82, 2.24) is 10.2 Å². The van der Waals surface area contributed by atoms with Crippen LogP contribution in [0, 0.1) is 0 Å². The molecule has 0 spiro atoms. The third kappa shape index (κ3) is 2.40. The second kappa shape index (κ2) is 5.05. The zero-order valence-electron chi connectivity index (χ0n) is 11.8. The molecule has 4 heteroatoms. The molecule has 0 aliphatic rings. The van der Waals surface area contributed by atoms with Gasteiger partial charge >= 0.3 is 0 Å². The summed E-state index contributed by atoms with van der Waals surface area (Å²) in [5.41, 5.74) is 8.11. The van der Waals surface area contributed by atoms with Crippen molar-refractivity contribution in [2.24, 2.45) is 5.73 Å². The minimum Gasteiger partial charge on any atom is -0.370 e. The lowest BCUT2D eigenvalue weighted by atomic mass is 9.73. The number of carbonyl (C=O) groups is 1. The van der Waals surface area contributed by atoms with E-state index in [2.05, 4.69) is 10.2 Å². The molecule has 3 N–H and O–H groups in total. The van der Waals surface area contributed by atoms with Gasteiger partial charge in [0, 0.05) is 17.2 Å². The number of hydrogen-bond acceptors (Lipinski definition) is 2. The van der Waals surface area contributed by atoms with Gasteiger partial charge in [0.15, 0.2) is 0 Å². The van der Waals surface area contributed by atoms with Gasteiger partial charge in [0.2, 0.25) is 5.91 Å². The molecule has 0 radical (unpaired) electrons. The highest BCUT2D eigenvalue weighted by Gasteiger charge is 2.31. The van der Waals surface area contributed by atoms with Crippen LogP contribution in [0.5, 0.6) is 0 Å². The number of H-pyrrole nitrogens is 1. The van der Waals surface area contributed by atoms with Crippen molar-refractivity contribution >= 4 is 16.8 Å². The van der Waals surface area contributed by atoms with Crippen LogP contribution in [0.2, 0.25) is 0 Å². The van der Waals surface area contributed by atoms with Crippen LogP contribution in [-0.2, 0) is 10.2 Å². The summed E-state index contributed by atoms with van der Waals surface area (Å²) in [4.78, 5) is 11.6. The number of benzene rings is 2. The molecule has 0 bridgehead atoms. The predicted molar refractivity (Wildman–Crippen MR) is 82.8 cm³/mol. The Hall–Kier alpha value is -2.62. The molecule has 1 atom stereocenters. The normalized spacial score (nSPS) is 14.0. The first-order chi connectivity index (χ1) is 10.1. The van der Waals surface area contributed by atoms with Crippen molar-refractivity contribution in [3.63, 3.8) is 0 Å². The van der Waals surface area contributed by atoms with Crippen molar-refractivity contribution < 1.29 is 4.79 Å². The Morgan fingerprint density at radius 1 is 1.19 bits per heavy atom. The fourth-order valence-electron chi connectivity index (χ4n) is 2.81. The molecule has 0 saturated carbocycles. The standard InChI is InChI=1S/C17H17N3O/c1-17(10-16(18)21,13-5-3-2-4-6-13)14-8-7-12-11-19-20-15(12)9-14/h2-9,11H,10H2,1H3,(H2,18,21)(H,19,20). The molecule has 2 aromatic carbocycles. The number of fused-ring (bicyclic) bond motifs is 1. The van der Waals surface area contributed by atoms with Gasteiger partial charge in [-0.15, -0.1) is 0 Å². The lowest BCUT2D eigenvalue weighted by Gasteiger charge is -2.30. The van der Waals surface area contributed by atoms with E-state index in [1.165, 1.54) is 0 Å². The number of rotatable bonds is 4. The maximum atomic E-state index is 11.6. The van der Waals surface area contributed by atoms with Crippen LogP contribution >= 0.6 is 0 Å². The van der Waals surface area contributed by atoms with E-state index >= 15 is 0 Å². The highest BCUT2D eigenvalue weighted by atomic mass is 16.1. The first kappa shape index (κ1) is 13.4. The lowest BCUT2D eigenvalue weighted by Crippen LogP contribution is -2.30. The van der Waals surface area contributed by atoms with Gasteiger partial charge in [0.1, 0.15) is 0 Å². The molecule has 4 nitrogen and oxygen atoms in total. The van der Waals surface area contributed by atoms with E-state index < -0.39 is 5.41 Å². The van der Waals surface area contributed by atoms with E-state index in [-0.39, 0.29) is 12.3 Å². The van der Waals surface area contributed by atoms with Gasteiger partial charge in [-0.2, -0.15) is 5.10 Å². The Labute approximate surface area is 123 Å². The van der Waals surface area contributed by atoms with E-state index in [1.54, 1.807) is 6.20 Å². The van der Waals surface area contributed by atoms with E-state index in [9.17, 15) is 4.79 Å². The second-order valence-electron chi connectivity index (χ2n) is 5.51. The molecule has 1 unspecified atom stereocenters. The van der Waals surface area contributed by atoms with E-state index in [4.69, 9.17) is 5.73 Å². The van der Waals surface area contributed by atoms with Crippen LogP contribution < -0.4 is 5.73 Å². The maximum Gasteiger partial charge on any atom is 0.218 e. The molecule has 3 aromatic rings. The van der Waals surface area contributed by atoms with Gasteiger partial charge in [0.05, 0.1) is 11.7 Å². The molecule has 0 aliphatic heterocycles. The molecule has 0 aliphatic carbocycles. The molecule has 106 valence electrons. The van der Waals surface area contributed by atoms with Gasteiger partial charge in [-0.3, -0.25) is 9.89 Å². The fourth-order valence-corrected chi connectivity index (χ4v) is 2.81. The number of amides is 1. The zero-order valence-corrected chi connectivity index (χ0v) is 11.8. The Morgan fingerprint density at radius 2 is 1.95 bits per heavy atom. The van der Waals surface area contributed by atoms with Crippen molar-refractivity contribution in [3.05, 3.63) is 65.9 Å². The summed E-state index contributed by atoms with van der Waals surface area (Å²) < 4.78 is 0. The minimum atomic E-state index is -0.452. The molecular formula is C17H17N3O. The average molecular weight is 279 g/mol. The number of hydrogen-bond donors (Lipinski definition) is 2. The minimum absolute atomic E-state index is 0.261.